The van der Waals surface area contributed by atoms with Gasteiger partial charge in [-0.25, -0.2) is 0 Å². The number of nitriles is 1. The van der Waals surface area contributed by atoms with Gasteiger partial charge >= 0.3 is 0 Å². The Morgan fingerprint density at radius 1 is 1.55 bits per heavy atom. The predicted molar refractivity (Wildman–Crippen MR) is 40.9 cm³/mol. The van der Waals surface area contributed by atoms with Crippen molar-refractivity contribution in [2.75, 3.05) is 5.73 Å². The number of halogens is 1. The summed E-state index contributed by atoms with van der Waals surface area (Å²) < 4.78 is 0. The lowest BCUT2D eigenvalue weighted by atomic mass is 10.2. The van der Waals surface area contributed by atoms with Gasteiger partial charge in [0.25, 0.3) is 0 Å². The van der Waals surface area contributed by atoms with E-state index in [1.54, 1.807) is 6.92 Å². The molecule has 0 spiro atoms. The SMILES string of the molecule is Cc1c(Cl)nnc(N)c1C#N. The first-order chi connectivity index (χ1) is 5.16. The highest BCUT2D eigenvalue weighted by molar-refractivity contribution is 6.30. The molecule has 0 bridgehead atoms. The Morgan fingerprint density at radius 2 is 2.18 bits per heavy atom. The van der Waals surface area contributed by atoms with E-state index in [-0.39, 0.29) is 11.0 Å². The predicted octanol–water partition coefficient (Wildman–Crippen LogP) is 0.892. The molecule has 1 rings (SSSR count). The van der Waals surface area contributed by atoms with Gasteiger partial charge in [0.2, 0.25) is 0 Å². The minimum absolute atomic E-state index is 0.120. The molecule has 0 unspecified atom stereocenters. The zero-order chi connectivity index (χ0) is 8.43. The summed E-state index contributed by atoms with van der Waals surface area (Å²) >= 11 is 5.58. The second-order valence-corrected chi connectivity index (χ2v) is 2.35. The lowest BCUT2D eigenvalue weighted by molar-refractivity contribution is 1.02. The highest BCUT2D eigenvalue weighted by Crippen LogP contribution is 2.17. The summed E-state index contributed by atoms with van der Waals surface area (Å²) in [5, 5.41) is 15.8. The first kappa shape index (κ1) is 7.76. The molecular formula is C6H5ClN4. The van der Waals surface area contributed by atoms with Crippen molar-refractivity contribution in [3.8, 4) is 6.07 Å². The molecule has 11 heavy (non-hydrogen) atoms. The monoisotopic (exact) mass is 168 g/mol. The van der Waals surface area contributed by atoms with Crippen molar-refractivity contribution in [3.63, 3.8) is 0 Å². The molecule has 1 aromatic rings. The third kappa shape index (κ3) is 1.23. The largest absolute Gasteiger partial charge is 0.381 e. The molecule has 2 N–H and O–H groups in total. The zero-order valence-electron chi connectivity index (χ0n) is 5.80. The first-order valence-electron chi connectivity index (χ1n) is 2.85. The quantitative estimate of drug-likeness (QED) is 0.624. The van der Waals surface area contributed by atoms with Crippen molar-refractivity contribution < 1.29 is 0 Å². The molecule has 0 aromatic carbocycles. The molecule has 4 nitrogen and oxygen atoms in total. The highest BCUT2D eigenvalue weighted by Gasteiger charge is 2.07. The van der Waals surface area contributed by atoms with Crippen LogP contribution >= 0.6 is 11.6 Å². The van der Waals surface area contributed by atoms with Gasteiger partial charge in [-0.2, -0.15) is 5.26 Å². The summed E-state index contributed by atoms with van der Waals surface area (Å²) in [6.07, 6.45) is 0. The van der Waals surface area contributed by atoms with Gasteiger partial charge in [0, 0.05) is 5.56 Å². The van der Waals surface area contributed by atoms with Crippen LogP contribution in [-0.4, -0.2) is 10.2 Å². The summed E-state index contributed by atoms with van der Waals surface area (Å²) in [4.78, 5) is 0. The third-order valence-corrected chi connectivity index (χ3v) is 1.66. The van der Waals surface area contributed by atoms with Gasteiger partial charge < -0.3 is 5.73 Å². The molecule has 1 aromatic heterocycles. The van der Waals surface area contributed by atoms with E-state index in [4.69, 9.17) is 22.6 Å². The maximum atomic E-state index is 8.57. The molecule has 0 saturated carbocycles. The van der Waals surface area contributed by atoms with Crippen molar-refractivity contribution >= 4 is 17.4 Å². The molecule has 56 valence electrons. The molecule has 1 heterocycles. The number of rotatable bonds is 0. The van der Waals surface area contributed by atoms with Crippen molar-refractivity contribution in [1.29, 1.82) is 5.26 Å². The molecule has 0 aliphatic carbocycles. The summed E-state index contributed by atoms with van der Waals surface area (Å²) in [5.41, 5.74) is 6.21. The van der Waals surface area contributed by atoms with E-state index >= 15 is 0 Å². The van der Waals surface area contributed by atoms with Crippen molar-refractivity contribution in [1.82, 2.24) is 10.2 Å². The van der Waals surface area contributed by atoms with Crippen LogP contribution in [0.1, 0.15) is 11.1 Å². The molecule has 0 radical (unpaired) electrons. The number of nitrogens with zero attached hydrogens (tertiary/aromatic N) is 3. The number of nitrogen functional groups attached to an aromatic ring is 1. The van der Waals surface area contributed by atoms with Gasteiger partial charge in [-0.1, -0.05) is 11.6 Å². The van der Waals surface area contributed by atoms with E-state index < -0.39 is 0 Å². The van der Waals surface area contributed by atoms with Crippen LogP contribution in [0.3, 0.4) is 0 Å². The van der Waals surface area contributed by atoms with Crippen molar-refractivity contribution in [2.24, 2.45) is 0 Å². The maximum Gasteiger partial charge on any atom is 0.164 e. The lowest BCUT2D eigenvalue weighted by Crippen LogP contribution is -2.00. The maximum absolute atomic E-state index is 8.57. The second kappa shape index (κ2) is 2.72. The summed E-state index contributed by atoms with van der Waals surface area (Å²) in [6.45, 7) is 1.67. The molecule has 0 aliphatic rings. The third-order valence-electron chi connectivity index (χ3n) is 1.30. The fourth-order valence-corrected chi connectivity index (χ4v) is 0.791. The number of hydrogen-bond acceptors (Lipinski definition) is 4. The molecule has 0 atom stereocenters. The van der Waals surface area contributed by atoms with Crippen LogP contribution in [0.5, 0.6) is 0 Å². The minimum atomic E-state index is 0.120. The number of nitrogens with two attached hydrogens (primary N) is 1. The smallest absolute Gasteiger partial charge is 0.164 e. The fourth-order valence-electron chi connectivity index (χ4n) is 0.659. The standard InChI is InChI=1S/C6H5ClN4/c1-3-4(2-8)6(9)11-10-5(3)7/h1H3,(H2,9,11). The van der Waals surface area contributed by atoms with Crippen LogP contribution in [0.25, 0.3) is 0 Å². The van der Waals surface area contributed by atoms with E-state index in [1.165, 1.54) is 0 Å². The Kier molecular flexibility index (Phi) is 1.92. The van der Waals surface area contributed by atoms with Crippen LogP contribution in [-0.2, 0) is 0 Å². The zero-order valence-corrected chi connectivity index (χ0v) is 6.55. The first-order valence-corrected chi connectivity index (χ1v) is 3.23. The fraction of sp³-hybridized carbons (Fsp3) is 0.167. The Bertz CT molecular complexity index is 328. The average Bonchev–Trinajstić information content (AvgIpc) is 1.99. The number of aromatic nitrogens is 2. The Labute approximate surface area is 68.6 Å². The normalized spacial score (nSPS) is 9.18. The van der Waals surface area contributed by atoms with E-state index in [1.807, 2.05) is 6.07 Å². The van der Waals surface area contributed by atoms with Gasteiger partial charge in [0.15, 0.2) is 11.0 Å². The van der Waals surface area contributed by atoms with Gasteiger partial charge in [0.05, 0.1) is 0 Å². The van der Waals surface area contributed by atoms with Crippen molar-refractivity contribution in [2.45, 2.75) is 6.92 Å². The van der Waals surface area contributed by atoms with E-state index in [9.17, 15) is 0 Å². The van der Waals surface area contributed by atoms with Gasteiger partial charge in [-0.3, -0.25) is 0 Å². The Balaban J connectivity index is 3.44. The highest BCUT2D eigenvalue weighted by atomic mass is 35.5. The Hall–Kier alpha value is -1.34. The topological polar surface area (TPSA) is 75.6 Å². The van der Waals surface area contributed by atoms with Gasteiger partial charge in [-0.15, -0.1) is 10.2 Å². The lowest BCUT2D eigenvalue weighted by Gasteiger charge is -1.99. The van der Waals surface area contributed by atoms with Crippen LogP contribution in [0.2, 0.25) is 5.15 Å². The average molecular weight is 169 g/mol. The van der Waals surface area contributed by atoms with Crippen LogP contribution in [0.4, 0.5) is 5.82 Å². The van der Waals surface area contributed by atoms with Crippen LogP contribution in [0, 0.1) is 18.3 Å². The van der Waals surface area contributed by atoms with Crippen LogP contribution in [0.15, 0.2) is 0 Å². The van der Waals surface area contributed by atoms with E-state index in [2.05, 4.69) is 10.2 Å². The molecule has 0 aliphatic heterocycles. The summed E-state index contributed by atoms with van der Waals surface area (Å²) in [5.74, 6) is 0.120. The second-order valence-electron chi connectivity index (χ2n) is 1.99. The van der Waals surface area contributed by atoms with Gasteiger partial charge in [-0.05, 0) is 6.92 Å². The van der Waals surface area contributed by atoms with Gasteiger partial charge in [0.1, 0.15) is 11.6 Å². The molecule has 0 fully saturated rings. The van der Waals surface area contributed by atoms with Crippen molar-refractivity contribution in [3.05, 3.63) is 16.3 Å². The Morgan fingerprint density at radius 3 is 2.64 bits per heavy atom. The number of hydrogen-bond donors (Lipinski definition) is 1. The summed E-state index contributed by atoms with van der Waals surface area (Å²) in [7, 11) is 0. The molecular weight excluding hydrogens is 164 g/mol. The number of anilines is 1. The van der Waals surface area contributed by atoms with E-state index in [0.717, 1.165) is 0 Å². The van der Waals surface area contributed by atoms with E-state index in [0.29, 0.717) is 11.1 Å². The minimum Gasteiger partial charge on any atom is -0.381 e. The molecule has 5 heteroatoms. The molecule has 0 saturated heterocycles. The molecule has 0 amide bonds. The summed E-state index contributed by atoms with van der Waals surface area (Å²) in [6, 6.07) is 1.89. The van der Waals surface area contributed by atoms with Crippen LogP contribution < -0.4 is 5.73 Å².